The van der Waals surface area contributed by atoms with Crippen molar-refractivity contribution >= 4 is 0 Å². The molecule has 1 saturated heterocycles. The van der Waals surface area contributed by atoms with Gasteiger partial charge in [0.2, 0.25) is 0 Å². The molecular weight excluding hydrogens is 181 g/mol. The van der Waals surface area contributed by atoms with Crippen LogP contribution in [-0.2, 0) is 0 Å². The normalized spacial score (nSPS) is 31.2. The largest absolute Gasteiger partial charge is 0.390 e. The van der Waals surface area contributed by atoms with Gasteiger partial charge in [0.25, 0.3) is 0 Å². The Labute approximate surface area is 75.9 Å². The lowest BCUT2D eigenvalue weighted by Crippen LogP contribution is -2.38. The minimum absolute atomic E-state index is 0.0354. The number of nitrogens with zero attached hydrogens (tertiary/aromatic N) is 1. The summed E-state index contributed by atoms with van der Waals surface area (Å²) in [5, 5.41) is 0. The van der Waals surface area contributed by atoms with E-state index in [4.69, 9.17) is 5.73 Å². The molecule has 0 aromatic rings. The zero-order valence-corrected chi connectivity index (χ0v) is 7.64. The Hall–Kier alpha value is -0.290. The van der Waals surface area contributed by atoms with Crippen molar-refractivity contribution in [3.63, 3.8) is 0 Å². The molecular formula is C8H15F3N2. The van der Waals surface area contributed by atoms with Crippen molar-refractivity contribution in [1.29, 1.82) is 0 Å². The Morgan fingerprint density at radius 3 is 2.46 bits per heavy atom. The summed E-state index contributed by atoms with van der Waals surface area (Å²) < 4.78 is 35.6. The third kappa shape index (κ3) is 3.15. The Kier molecular flexibility index (Phi) is 3.18. The van der Waals surface area contributed by atoms with Gasteiger partial charge in [-0.2, -0.15) is 13.2 Å². The summed E-state index contributed by atoms with van der Waals surface area (Å²) in [6.45, 7) is 2.66. The molecule has 78 valence electrons. The summed E-state index contributed by atoms with van der Waals surface area (Å²) in [4.78, 5) is 1.80. The number of nitrogens with two attached hydrogens (primary N) is 1. The maximum atomic E-state index is 11.9. The molecule has 1 rings (SSSR count). The highest BCUT2D eigenvalue weighted by atomic mass is 19.4. The lowest BCUT2D eigenvalue weighted by Gasteiger charge is -2.23. The van der Waals surface area contributed by atoms with E-state index in [0.717, 1.165) is 6.42 Å². The fourth-order valence-corrected chi connectivity index (χ4v) is 1.62. The van der Waals surface area contributed by atoms with Crippen LogP contribution in [0.3, 0.4) is 0 Å². The molecule has 2 atom stereocenters. The smallest absolute Gasteiger partial charge is 0.326 e. The molecule has 0 aliphatic carbocycles. The molecule has 1 aliphatic rings. The monoisotopic (exact) mass is 196 g/mol. The van der Waals surface area contributed by atoms with E-state index < -0.39 is 12.6 Å². The predicted molar refractivity (Wildman–Crippen MR) is 44.3 cm³/mol. The predicted octanol–water partition coefficient (Wildman–Crippen LogP) is 1.36. The van der Waals surface area contributed by atoms with Crippen LogP contribution in [0.4, 0.5) is 13.2 Å². The van der Waals surface area contributed by atoms with Gasteiger partial charge in [0.15, 0.2) is 0 Å². The van der Waals surface area contributed by atoms with Crippen LogP contribution in [0.2, 0.25) is 0 Å². The molecule has 1 fully saturated rings. The summed E-state index contributed by atoms with van der Waals surface area (Å²) in [7, 11) is 0. The third-order valence-corrected chi connectivity index (χ3v) is 2.63. The lowest BCUT2D eigenvalue weighted by molar-refractivity contribution is -0.138. The van der Waals surface area contributed by atoms with Crippen LogP contribution >= 0.6 is 0 Å². The van der Waals surface area contributed by atoms with Crippen LogP contribution in [0, 0.1) is 0 Å². The molecule has 5 heteroatoms. The first kappa shape index (κ1) is 10.8. The van der Waals surface area contributed by atoms with Crippen LogP contribution in [0.1, 0.15) is 19.8 Å². The summed E-state index contributed by atoms with van der Waals surface area (Å²) in [5.41, 5.74) is 5.69. The second-order valence-corrected chi connectivity index (χ2v) is 3.59. The topological polar surface area (TPSA) is 29.3 Å². The summed E-state index contributed by atoms with van der Waals surface area (Å²) in [6.07, 6.45) is -3.98. The number of hydrogen-bond donors (Lipinski definition) is 1. The SMILES string of the molecule is CC1C(N)CCN1CCC(F)(F)F. The van der Waals surface area contributed by atoms with Crippen molar-refractivity contribution in [2.75, 3.05) is 13.1 Å². The van der Waals surface area contributed by atoms with Crippen molar-refractivity contribution in [1.82, 2.24) is 4.90 Å². The molecule has 0 radical (unpaired) electrons. The molecule has 0 saturated carbocycles. The molecule has 0 bridgehead atoms. The maximum absolute atomic E-state index is 11.9. The Morgan fingerprint density at radius 2 is 2.08 bits per heavy atom. The van der Waals surface area contributed by atoms with E-state index in [1.807, 2.05) is 6.92 Å². The molecule has 2 nitrogen and oxygen atoms in total. The molecule has 1 heterocycles. The van der Waals surface area contributed by atoms with E-state index in [2.05, 4.69) is 0 Å². The number of alkyl halides is 3. The molecule has 0 aromatic heterocycles. The summed E-state index contributed by atoms with van der Waals surface area (Å²) >= 11 is 0. The van der Waals surface area contributed by atoms with Crippen LogP contribution < -0.4 is 5.73 Å². The van der Waals surface area contributed by atoms with Crippen LogP contribution in [0.15, 0.2) is 0 Å². The van der Waals surface area contributed by atoms with Crippen LogP contribution in [-0.4, -0.2) is 36.2 Å². The zero-order valence-electron chi connectivity index (χ0n) is 7.64. The van der Waals surface area contributed by atoms with Gasteiger partial charge in [-0.1, -0.05) is 0 Å². The first-order valence-corrected chi connectivity index (χ1v) is 4.46. The average Bonchev–Trinajstić information content (AvgIpc) is 2.29. The summed E-state index contributed by atoms with van der Waals surface area (Å²) in [5.74, 6) is 0. The van der Waals surface area contributed by atoms with E-state index in [1.165, 1.54) is 0 Å². The minimum atomic E-state index is -4.05. The standard InChI is InChI=1S/C8H15F3N2/c1-6-7(12)2-4-13(6)5-3-8(9,10)11/h6-7H,2-5,12H2,1H3. The highest BCUT2D eigenvalue weighted by Gasteiger charge is 2.32. The molecule has 1 aliphatic heterocycles. The maximum Gasteiger partial charge on any atom is 0.390 e. The second-order valence-electron chi connectivity index (χ2n) is 3.59. The third-order valence-electron chi connectivity index (χ3n) is 2.63. The van der Waals surface area contributed by atoms with Crippen molar-refractivity contribution in [2.45, 2.75) is 38.0 Å². The van der Waals surface area contributed by atoms with E-state index in [1.54, 1.807) is 4.90 Å². The van der Waals surface area contributed by atoms with E-state index in [-0.39, 0.29) is 18.6 Å². The van der Waals surface area contributed by atoms with Gasteiger partial charge in [-0.25, -0.2) is 0 Å². The van der Waals surface area contributed by atoms with Crippen molar-refractivity contribution in [3.05, 3.63) is 0 Å². The van der Waals surface area contributed by atoms with Crippen LogP contribution in [0.25, 0.3) is 0 Å². The number of hydrogen-bond acceptors (Lipinski definition) is 2. The molecule has 0 spiro atoms. The zero-order chi connectivity index (χ0) is 10.1. The fourth-order valence-electron chi connectivity index (χ4n) is 1.62. The average molecular weight is 196 g/mol. The van der Waals surface area contributed by atoms with Gasteiger partial charge >= 0.3 is 6.18 Å². The Balaban J connectivity index is 2.30. The van der Waals surface area contributed by atoms with Crippen LogP contribution in [0.5, 0.6) is 0 Å². The van der Waals surface area contributed by atoms with Gasteiger partial charge in [0, 0.05) is 25.2 Å². The number of likely N-dealkylation sites (tertiary alicyclic amines) is 1. The lowest BCUT2D eigenvalue weighted by atomic mass is 10.2. The quantitative estimate of drug-likeness (QED) is 0.722. The van der Waals surface area contributed by atoms with E-state index in [0.29, 0.717) is 6.54 Å². The molecule has 2 unspecified atom stereocenters. The van der Waals surface area contributed by atoms with E-state index >= 15 is 0 Å². The fraction of sp³-hybridized carbons (Fsp3) is 1.00. The number of rotatable bonds is 2. The highest BCUT2D eigenvalue weighted by molar-refractivity contribution is 4.86. The molecule has 13 heavy (non-hydrogen) atoms. The first-order chi connectivity index (χ1) is 5.90. The van der Waals surface area contributed by atoms with Crippen molar-refractivity contribution in [2.24, 2.45) is 5.73 Å². The second kappa shape index (κ2) is 3.84. The van der Waals surface area contributed by atoms with Crippen molar-refractivity contribution in [3.8, 4) is 0 Å². The van der Waals surface area contributed by atoms with Gasteiger partial charge < -0.3 is 5.73 Å². The van der Waals surface area contributed by atoms with Gasteiger partial charge in [-0.3, -0.25) is 4.90 Å². The highest BCUT2D eigenvalue weighted by Crippen LogP contribution is 2.23. The molecule has 0 amide bonds. The van der Waals surface area contributed by atoms with E-state index in [9.17, 15) is 13.2 Å². The Bertz CT molecular complexity index is 169. The summed E-state index contributed by atoms with van der Waals surface area (Å²) in [6, 6.07) is 0.121. The molecule has 0 aromatic carbocycles. The van der Waals surface area contributed by atoms with Gasteiger partial charge in [-0.15, -0.1) is 0 Å². The first-order valence-electron chi connectivity index (χ1n) is 4.46. The van der Waals surface area contributed by atoms with Gasteiger partial charge in [0.05, 0.1) is 6.42 Å². The number of halogens is 3. The Morgan fingerprint density at radius 1 is 1.46 bits per heavy atom. The van der Waals surface area contributed by atoms with Gasteiger partial charge in [0.1, 0.15) is 0 Å². The molecule has 2 N–H and O–H groups in total. The minimum Gasteiger partial charge on any atom is -0.326 e. The van der Waals surface area contributed by atoms with Crippen molar-refractivity contribution < 1.29 is 13.2 Å². The van der Waals surface area contributed by atoms with Gasteiger partial charge in [-0.05, 0) is 13.3 Å².